The molecule has 0 aromatic rings. The van der Waals surface area contributed by atoms with Gasteiger partial charge < -0.3 is 0 Å². The summed E-state index contributed by atoms with van der Waals surface area (Å²) in [4.78, 5) is 0. The molecule has 0 fully saturated rings. The lowest BCUT2D eigenvalue weighted by atomic mass is 9.81. The molecule has 0 saturated heterocycles. The first kappa shape index (κ1) is 8.58. The summed E-state index contributed by atoms with van der Waals surface area (Å²) >= 11 is 0. The molecule has 1 aliphatic rings. The van der Waals surface area contributed by atoms with Gasteiger partial charge in [0.2, 0.25) is 0 Å². The van der Waals surface area contributed by atoms with Crippen LogP contribution in [0.2, 0.25) is 0 Å². The van der Waals surface area contributed by atoms with E-state index < -0.39 is 0 Å². The highest BCUT2D eigenvalue weighted by atomic mass is 14.2. The molecule has 0 heteroatoms. The second-order valence-corrected chi connectivity index (χ2v) is 4.49. The van der Waals surface area contributed by atoms with E-state index in [0.29, 0.717) is 5.41 Å². The predicted molar refractivity (Wildman–Crippen MR) is 50.5 cm³/mol. The standard InChI is InChI=1S/C11H18/c1-9-6-5-7-10(8-9)11(2,3)4/h5,7-9H,6H2,1-4H3. The maximum atomic E-state index is 2.39. The Hall–Kier alpha value is -0.520. The lowest BCUT2D eigenvalue weighted by Gasteiger charge is -2.24. The molecule has 11 heavy (non-hydrogen) atoms. The molecule has 62 valence electrons. The van der Waals surface area contributed by atoms with Crippen LogP contribution < -0.4 is 0 Å². The molecule has 1 atom stereocenters. The zero-order chi connectivity index (χ0) is 8.48. The van der Waals surface area contributed by atoms with Crippen LogP contribution in [0.3, 0.4) is 0 Å². The minimum Gasteiger partial charge on any atom is -0.0837 e. The van der Waals surface area contributed by atoms with Gasteiger partial charge in [0.25, 0.3) is 0 Å². The normalized spacial score (nSPS) is 25.1. The van der Waals surface area contributed by atoms with E-state index in [-0.39, 0.29) is 0 Å². The van der Waals surface area contributed by atoms with Crippen molar-refractivity contribution in [2.24, 2.45) is 11.3 Å². The summed E-state index contributed by atoms with van der Waals surface area (Å²) in [5.41, 5.74) is 1.81. The van der Waals surface area contributed by atoms with Gasteiger partial charge in [-0.05, 0) is 23.3 Å². The van der Waals surface area contributed by atoms with Gasteiger partial charge in [-0.25, -0.2) is 0 Å². The molecule has 1 aliphatic carbocycles. The van der Waals surface area contributed by atoms with Gasteiger partial charge in [-0.15, -0.1) is 0 Å². The van der Waals surface area contributed by atoms with E-state index in [1.54, 1.807) is 0 Å². The summed E-state index contributed by atoms with van der Waals surface area (Å²) in [6.07, 6.45) is 8.14. The SMILES string of the molecule is CC1C=C(C(C)(C)C)C=CC1. The average Bonchev–Trinajstić information content (AvgIpc) is 1.86. The first-order chi connectivity index (χ1) is 5.00. The van der Waals surface area contributed by atoms with Crippen LogP contribution in [0.5, 0.6) is 0 Å². The van der Waals surface area contributed by atoms with E-state index in [4.69, 9.17) is 0 Å². The first-order valence-corrected chi connectivity index (χ1v) is 4.39. The minimum atomic E-state index is 0.325. The second-order valence-electron chi connectivity index (χ2n) is 4.49. The predicted octanol–water partition coefficient (Wildman–Crippen LogP) is 3.55. The molecule has 1 unspecified atom stereocenters. The van der Waals surface area contributed by atoms with E-state index in [0.717, 1.165) is 5.92 Å². The van der Waals surface area contributed by atoms with Crippen molar-refractivity contribution in [2.75, 3.05) is 0 Å². The second kappa shape index (κ2) is 2.84. The van der Waals surface area contributed by atoms with Crippen molar-refractivity contribution in [1.29, 1.82) is 0 Å². The summed E-state index contributed by atoms with van der Waals surface area (Å²) in [6, 6.07) is 0. The van der Waals surface area contributed by atoms with E-state index in [1.807, 2.05) is 0 Å². The number of allylic oxidation sites excluding steroid dienone is 4. The van der Waals surface area contributed by atoms with Crippen LogP contribution in [0.15, 0.2) is 23.8 Å². The van der Waals surface area contributed by atoms with Crippen molar-refractivity contribution >= 4 is 0 Å². The molecule has 0 heterocycles. The Morgan fingerprint density at radius 2 is 2.00 bits per heavy atom. The Kier molecular flexibility index (Phi) is 2.22. The number of rotatable bonds is 0. The highest BCUT2D eigenvalue weighted by Gasteiger charge is 2.16. The van der Waals surface area contributed by atoms with Gasteiger partial charge in [-0.1, -0.05) is 45.9 Å². The van der Waals surface area contributed by atoms with Crippen molar-refractivity contribution in [3.05, 3.63) is 23.8 Å². The van der Waals surface area contributed by atoms with Crippen LogP contribution in [0.4, 0.5) is 0 Å². The van der Waals surface area contributed by atoms with Gasteiger partial charge >= 0.3 is 0 Å². The Morgan fingerprint density at radius 1 is 1.36 bits per heavy atom. The maximum Gasteiger partial charge on any atom is -0.0135 e. The van der Waals surface area contributed by atoms with Crippen LogP contribution in [-0.2, 0) is 0 Å². The molecular weight excluding hydrogens is 132 g/mol. The molecule has 0 radical (unpaired) electrons. The summed E-state index contributed by atoms with van der Waals surface area (Å²) in [7, 11) is 0. The number of hydrogen-bond donors (Lipinski definition) is 0. The third-order valence-corrected chi connectivity index (χ3v) is 2.14. The lowest BCUT2D eigenvalue weighted by molar-refractivity contribution is 0.504. The fourth-order valence-electron chi connectivity index (χ4n) is 1.34. The van der Waals surface area contributed by atoms with E-state index in [1.165, 1.54) is 12.0 Å². The minimum absolute atomic E-state index is 0.325. The Balaban J connectivity index is 2.80. The maximum absolute atomic E-state index is 2.39. The van der Waals surface area contributed by atoms with Crippen LogP contribution in [-0.4, -0.2) is 0 Å². The summed E-state index contributed by atoms with van der Waals surface area (Å²) in [5.74, 6) is 0.731. The van der Waals surface area contributed by atoms with E-state index in [2.05, 4.69) is 45.9 Å². The van der Waals surface area contributed by atoms with Crippen molar-refractivity contribution in [1.82, 2.24) is 0 Å². The molecule has 0 aliphatic heterocycles. The largest absolute Gasteiger partial charge is 0.0837 e. The van der Waals surface area contributed by atoms with Gasteiger partial charge in [0.05, 0.1) is 0 Å². The monoisotopic (exact) mass is 150 g/mol. The van der Waals surface area contributed by atoms with Gasteiger partial charge in [-0.2, -0.15) is 0 Å². The molecule has 0 N–H and O–H groups in total. The molecule has 0 aromatic heterocycles. The Bertz CT molecular complexity index is 189. The van der Waals surface area contributed by atoms with Crippen molar-refractivity contribution < 1.29 is 0 Å². The molecule has 0 nitrogen and oxygen atoms in total. The fraction of sp³-hybridized carbons (Fsp3) is 0.636. The van der Waals surface area contributed by atoms with Crippen molar-refractivity contribution in [2.45, 2.75) is 34.1 Å². The lowest BCUT2D eigenvalue weighted by Crippen LogP contribution is -2.11. The van der Waals surface area contributed by atoms with Crippen LogP contribution in [0.25, 0.3) is 0 Å². The van der Waals surface area contributed by atoms with Crippen molar-refractivity contribution in [3.63, 3.8) is 0 Å². The molecule has 0 bridgehead atoms. The molecule has 1 rings (SSSR count). The first-order valence-electron chi connectivity index (χ1n) is 4.39. The third-order valence-electron chi connectivity index (χ3n) is 2.14. The Labute approximate surface area is 70.0 Å². The molecule has 0 spiro atoms. The zero-order valence-electron chi connectivity index (χ0n) is 8.02. The topological polar surface area (TPSA) is 0 Å². The summed E-state index contributed by atoms with van der Waals surface area (Å²) < 4.78 is 0. The number of hydrogen-bond acceptors (Lipinski definition) is 0. The van der Waals surface area contributed by atoms with Crippen LogP contribution >= 0.6 is 0 Å². The molecular formula is C11H18. The molecule has 0 amide bonds. The zero-order valence-corrected chi connectivity index (χ0v) is 8.02. The van der Waals surface area contributed by atoms with E-state index >= 15 is 0 Å². The van der Waals surface area contributed by atoms with Gasteiger partial charge in [0.15, 0.2) is 0 Å². The van der Waals surface area contributed by atoms with E-state index in [9.17, 15) is 0 Å². The molecule has 0 saturated carbocycles. The van der Waals surface area contributed by atoms with Gasteiger partial charge in [-0.3, -0.25) is 0 Å². The summed E-state index contributed by atoms with van der Waals surface area (Å²) in [5, 5.41) is 0. The van der Waals surface area contributed by atoms with Crippen molar-refractivity contribution in [3.8, 4) is 0 Å². The fourth-order valence-corrected chi connectivity index (χ4v) is 1.34. The third kappa shape index (κ3) is 2.21. The Morgan fingerprint density at radius 3 is 2.36 bits per heavy atom. The highest BCUT2D eigenvalue weighted by molar-refractivity contribution is 5.28. The highest BCUT2D eigenvalue weighted by Crippen LogP contribution is 2.30. The van der Waals surface area contributed by atoms with Crippen LogP contribution in [0.1, 0.15) is 34.1 Å². The summed E-state index contributed by atoms with van der Waals surface area (Å²) in [6.45, 7) is 9.07. The quantitative estimate of drug-likeness (QED) is 0.495. The van der Waals surface area contributed by atoms with Crippen LogP contribution in [0, 0.1) is 11.3 Å². The smallest absolute Gasteiger partial charge is 0.0135 e. The van der Waals surface area contributed by atoms with Gasteiger partial charge in [0.1, 0.15) is 0 Å². The van der Waals surface area contributed by atoms with Gasteiger partial charge in [0, 0.05) is 0 Å². The average molecular weight is 150 g/mol. The molecule has 0 aromatic carbocycles.